The SMILES string of the molecule is O=C(Nc1ccc(C(=O)N2CCCC3(CO3)c3cc(Cl)ccc32)cn1)c1ccccc1-c1ccccc1. The molecule has 3 aromatic carbocycles. The fourth-order valence-electron chi connectivity index (χ4n) is 4.97. The van der Waals surface area contributed by atoms with E-state index in [1.807, 2.05) is 60.7 Å². The standard InChI is InChI=1S/C30H24ClN3O3/c31-22-12-13-26-25(17-22)30(19-37-30)15-6-16-34(26)29(36)21-11-14-27(32-18-21)33-28(35)24-10-5-4-9-23(24)20-7-2-1-3-8-20/h1-5,7-14,17-18H,6,15-16,19H2,(H,32,33,35). The second kappa shape index (κ2) is 9.47. The fourth-order valence-corrected chi connectivity index (χ4v) is 5.14. The number of epoxide rings is 1. The Labute approximate surface area is 219 Å². The highest BCUT2D eigenvalue weighted by Crippen LogP contribution is 2.49. The van der Waals surface area contributed by atoms with Gasteiger partial charge in [-0.15, -0.1) is 0 Å². The quantitative estimate of drug-likeness (QED) is 0.327. The van der Waals surface area contributed by atoms with Crippen molar-refractivity contribution in [1.29, 1.82) is 0 Å². The number of aromatic nitrogens is 1. The van der Waals surface area contributed by atoms with Crippen molar-refractivity contribution in [3.05, 3.63) is 113 Å². The first-order valence-corrected chi connectivity index (χ1v) is 12.6. The van der Waals surface area contributed by atoms with E-state index < -0.39 is 0 Å². The van der Waals surface area contributed by atoms with Crippen molar-refractivity contribution in [2.75, 3.05) is 23.4 Å². The average molecular weight is 510 g/mol. The molecule has 6 nitrogen and oxygen atoms in total. The lowest BCUT2D eigenvalue weighted by atomic mass is 9.95. The number of nitrogens with one attached hydrogen (secondary N) is 1. The summed E-state index contributed by atoms with van der Waals surface area (Å²) in [6.07, 6.45) is 3.17. The Hall–Kier alpha value is -4.00. The van der Waals surface area contributed by atoms with Gasteiger partial charge in [-0.25, -0.2) is 4.98 Å². The van der Waals surface area contributed by atoms with Crippen molar-refractivity contribution in [2.45, 2.75) is 18.4 Å². The van der Waals surface area contributed by atoms with Crippen LogP contribution in [0.15, 0.2) is 91.1 Å². The van der Waals surface area contributed by atoms with Gasteiger partial charge in [-0.1, -0.05) is 60.1 Å². The highest BCUT2D eigenvalue weighted by Gasteiger charge is 2.49. The Kier molecular flexibility index (Phi) is 5.99. The minimum absolute atomic E-state index is 0.152. The summed E-state index contributed by atoms with van der Waals surface area (Å²) in [7, 11) is 0. The summed E-state index contributed by atoms with van der Waals surface area (Å²) in [5, 5.41) is 3.48. The molecule has 1 atom stereocenters. The molecule has 1 saturated heterocycles. The van der Waals surface area contributed by atoms with E-state index in [0.29, 0.717) is 35.1 Å². The predicted octanol–water partition coefficient (Wildman–Crippen LogP) is 6.32. The zero-order chi connectivity index (χ0) is 25.4. The van der Waals surface area contributed by atoms with Crippen LogP contribution in [0, 0.1) is 0 Å². The third-order valence-corrected chi connectivity index (χ3v) is 7.18. The number of hydrogen-bond donors (Lipinski definition) is 1. The molecule has 2 aliphatic heterocycles. The van der Waals surface area contributed by atoms with Crippen molar-refractivity contribution in [3.8, 4) is 11.1 Å². The predicted molar refractivity (Wildman–Crippen MR) is 144 cm³/mol. The molecule has 3 heterocycles. The maximum atomic E-state index is 13.5. The van der Waals surface area contributed by atoms with Crippen LogP contribution in [0.4, 0.5) is 11.5 Å². The Bertz CT molecular complexity index is 1480. The molecule has 7 heteroatoms. The molecule has 1 N–H and O–H groups in total. The van der Waals surface area contributed by atoms with Crippen LogP contribution in [0.5, 0.6) is 0 Å². The van der Waals surface area contributed by atoms with Gasteiger partial charge in [-0.2, -0.15) is 0 Å². The first-order valence-electron chi connectivity index (χ1n) is 12.2. The van der Waals surface area contributed by atoms with Crippen LogP contribution >= 0.6 is 11.6 Å². The van der Waals surface area contributed by atoms with Crippen molar-refractivity contribution in [1.82, 2.24) is 4.98 Å². The van der Waals surface area contributed by atoms with E-state index >= 15 is 0 Å². The Morgan fingerprint density at radius 3 is 2.51 bits per heavy atom. The first kappa shape index (κ1) is 23.4. The van der Waals surface area contributed by atoms with Crippen molar-refractivity contribution in [3.63, 3.8) is 0 Å². The lowest BCUT2D eigenvalue weighted by molar-refractivity contribution is 0.0985. The second-order valence-corrected chi connectivity index (χ2v) is 9.74. The monoisotopic (exact) mass is 509 g/mol. The Morgan fingerprint density at radius 1 is 0.973 bits per heavy atom. The molecule has 0 saturated carbocycles. The molecule has 0 bridgehead atoms. The van der Waals surface area contributed by atoms with Gasteiger partial charge in [0.25, 0.3) is 11.8 Å². The van der Waals surface area contributed by atoms with Crippen LogP contribution in [-0.4, -0.2) is 29.9 Å². The normalized spacial score (nSPS) is 18.1. The van der Waals surface area contributed by atoms with E-state index in [-0.39, 0.29) is 17.4 Å². The smallest absolute Gasteiger partial charge is 0.259 e. The highest BCUT2D eigenvalue weighted by molar-refractivity contribution is 6.30. The van der Waals surface area contributed by atoms with E-state index in [2.05, 4.69) is 10.3 Å². The highest BCUT2D eigenvalue weighted by atomic mass is 35.5. The van der Waals surface area contributed by atoms with Crippen LogP contribution in [0.3, 0.4) is 0 Å². The first-order chi connectivity index (χ1) is 18.0. The number of anilines is 2. The molecule has 6 rings (SSSR count). The molecule has 1 unspecified atom stereocenters. The lowest BCUT2D eigenvalue weighted by Crippen LogP contribution is -2.32. The van der Waals surface area contributed by atoms with E-state index in [0.717, 1.165) is 35.2 Å². The number of halogens is 1. The number of carbonyl (C=O) groups is 2. The van der Waals surface area contributed by atoms with E-state index in [1.54, 1.807) is 29.2 Å². The van der Waals surface area contributed by atoms with Crippen LogP contribution in [0.1, 0.15) is 39.1 Å². The molecule has 184 valence electrons. The summed E-state index contributed by atoms with van der Waals surface area (Å²) in [5.41, 5.74) is 4.23. The molecule has 37 heavy (non-hydrogen) atoms. The number of nitrogens with zero attached hydrogens (tertiary/aromatic N) is 2. The largest absolute Gasteiger partial charge is 0.364 e. The number of benzene rings is 3. The van der Waals surface area contributed by atoms with Crippen molar-refractivity contribution >= 4 is 34.9 Å². The second-order valence-electron chi connectivity index (χ2n) is 9.30. The van der Waals surface area contributed by atoms with Gasteiger partial charge < -0.3 is 15.0 Å². The van der Waals surface area contributed by atoms with Gasteiger partial charge in [0.2, 0.25) is 0 Å². The van der Waals surface area contributed by atoms with Crippen LogP contribution in [-0.2, 0) is 10.3 Å². The van der Waals surface area contributed by atoms with Crippen LogP contribution < -0.4 is 10.2 Å². The summed E-state index contributed by atoms with van der Waals surface area (Å²) in [6.45, 7) is 1.22. The minimum atomic E-state index is -0.336. The Balaban J connectivity index is 1.22. The number of fused-ring (bicyclic) bond motifs is 2. The van der Waals surface area contributed by atoms with E-state index in [4.69, 9.17) is 16.3 Å². The molecule has 1 fully saturated rings. The molecule has 4 aromatic rings. The third kappa shape index (κ3) is 4.50. The topological polar surface area (TPSA) is 74.8 Å². The number of hydrogen-bond acceptors (Lipinski definition) is 4. The van der Waals surface area contributed by atoms with Crippen LogP contribution in [0.25, 0.3) is 11.1 Å². The molecule has 2 aliphatic rings. The molecule has 1 spiro atoms. The Morgan fingerprint density at radius 2 is 1.76 bits per heavy atom. The van der Waals surface area contributed by atoms with Gasteiger partial charge in [0.1, 0.15) is 11.4 Å². The third-order valence-electron chi connectivity index (χ3n) is 6.95. The maximum absolute atomic E-state index is 13.5. The summed E-state index contributed by atoms with van der Waals surface area (Å²) >= 11 is 6.27. The molecule has 0 radical (unpaired) electrons. The zero-order valence-corrected chi connectivity index (χ0v) is 20.7. The van der Waals surface area contributed by atoms with Crippen molar-refractivity contribution in [2.24, 2.45) is 0 Å². The van der Waals surface area contributed by atoms with Gasteiger partial charge in [-0.05, 0) is 60.4 Å². The van der Waals surface area contributed by atoms with Gasteiger partial charge in [-0.3, -0.25) is 9.59 Å². The minimum Gasteiger partial charge on any atom is -0.364 e. The summed E-state index contributed by atoms with van der Waals surface area (Å²) in [6, 6.07) is 26.1. The lowest BCUT2D eigenvalue weighted by Gasteiger charge is -2.23. The van der Waals surface area contributed by atoms with Gasteiger partial charge in [0.05, 0.1) is 17.9 Å². The molecular formula is C30H24ClN3O3. The molecule has 1 aromatic heterocycles. The van der Waals surface area contributed by atoms with Gasteiger partial charge in [0.15, 0.2) is 0 Å². The average Bonchev–Trinajstić information content (AvgIpc) is 3.75. The number of carbonyl (C=O) groups excluding carboxylic acids is 2. The van der Waals surface area contributed by atoms with E-state index in [9.17, 15) is 9.59 Å². The number of ether oxygens (including phenoxy) is 1. The number of amides is 2. The number of pyridine rings is 1. The maximum Gasteiger partial charge on any atom is 0.259 e. The summed E-state index contributed by atoms with van der Waals surface area (Å²) in [4.78, 5) is 32.8. The molecule has 0 aliphatic carbocycles. The van der Waals surface area contributed by atoms with Crippen LogP contribution in [0.2, 0.25) is 5.02 Å². The number of rotatable bonds is 4. The fraction of sp³-hybridized carbons (Fsp3) is 0.167. The van der Waals surface area contributed by atoms with Gasteiger partial charge >= 0.3 is 0 Å². The molecular weight excluding hydrogens is 486 g/mol. The van der Waals surface area contributed by atoms with Gasteiger partial charge in [0, 0.05) is 28.9 Å². The summed E-state index contributed by atoms with van der Waals surface area (Å²) < 4.78 is 5.81. The van der Waals surface area contributed by atoms with Crippen molar-refractivity contribution < 1.29 is 14.3 Å². The summed E-state index contributed by atoms with van der Waals surface area (Å²) in [5.74, 6) is -0.0436. The molecule has 2 amide bonds. The van der Waals surface area contributed by atoms with E-state index in [1.165, 1.54) is 6.20 Å². The zero-order valence-electron chi connectivity index (χ0n) is 20.0.